The number of anilines is 1. The average Bonchev–Trinajstić information content (AvgIpc) is 2.99. The quantitative estimate of drug-likeness (QED) is 0.275. The van der Waals surface area contributed by atoms with Gasteiger partial charge >= 0.3 is 0 Å². The number of rotatable bonds is 11. The van der Waals surface area contributed by atoms with Crippen molar-refractivity contribution in [3.8, 4) is 0 Å². The number of hydrogen-bond donors (Lipinski definition) is 1. The summed E-state index contributed by atoms with van der Waals surface area (Å²) < 4.78 is 28.7. The molecule has 0 bridgehead atoms. The van der Waals surface area contributed by atoms with Crippen molar-refractivity contribution in [1.82, 2.24) is 10.2 Å². The molecular formula is C31H30ClN3O4S. The number of nitrogens with one attached hydrogen (secondary N) is 1. The topological polar surface area (TPSA) is 86.8 Å². The zero-order chi connectivity index (χ0) is 28.5. The second-order valence-corrected chi connectivity index (χ2v) is 11.4. The van der Waals surface area contributed by atoms with E-state index in [0.717, 1.165) is 15.4 Å². The van der Waals surface area contributed by atoms with Gasteiger partial charge in [-0.25, -0.2) is 8.42 Å². The van der Waals surface area contributed by atoms with Crippen molar-refractivity contribution in [3.05, 3.63) is 131 Å². The summed E-state index contributed by atoms with van der Waals surface area (Å²) in [5.41, 5.74) is 1.95. The van der Waals surface area contributed by atoms with E-state index in [1.54, 1.807) is 42.5 Å². The lowest BCUT2D eigenvalue weighted by atomic mass is 10.0. The third kappa shape index (κ3) is 7.08. The number of nitrogens with zero attached hydrogens (tertiary/aromatic N) is 2. The molecule has 9 heteroatoms. The molecule has 4 aromatic rings. The second-order valence-electron chi connectivity index (χ2n) is 9.13. The molecule has 206 valence electrons. The Morgan fingerprint density at radius 1 is 0.775 bits per heavy atom. The first-order valence-electron chi connectivity index (χ1n) is 12.7. The van der Waals surface area contributed by atoms with Gasteiger partial charge in [0.25, 0.3) is 10.0 Å². The molecule has 0 saturated carbocycles. The Bertz CT molecular complexity index is 1520. The van der Waals surface area contributed by atoms with Crippen LogP contribution in [0, 0.1) is 0 Å². The summed E-state index contributed by atoms with van der Waals surface area (Å²) >= 11 is 6.08. The fraction of sp³-hybridized carbons (Fsp3) is 0.161. The number of halogens is 1. The lowest BCUT2D eigenvalue weighted by molar-refractivity contribution is -0.139. The van der Waals surface area contributed by atoms with Crippen LogP contribution in [0.5, 0.6) is 0 Å². The van der Waals surface area contributed by atoms with Crippen molar-refractivity contribution in [2.45, 2.75) is 23.9 Å². The molecule has 4 rings (SSSR count). The minimum absolute atomic E-state index is 0.0412. The molecule has 0 unspecified atom stereocenters. The summed E-state index contributed by atoms with van der Waals surface area (Å²) in [6.07, 6.45) is 0.255. The van der Waals surface area contributed by atoms with Gasteiger partial charge in [0.15, 0.2) is 0 Å². The van der Waals surface area contributed by atoms with Crippen LogP contribution in [0.4, 0.5) is 5.69 Å². The van der Waals surface area contributed by atoms with Gasteiger partial charge in [-0.3, -0.25) is 13.9 Å². The van der Waals surface area contributed by atoms with Gasteiger partial charge in [-0.15, -0.1) is 0 Å². The molecule has 0 heterocycles. The van der Waals surface area contributed by atoms with Gasteiger partial charge in [-0.1, -0.05) is 90.5 Å². The third-order valence-corrected chi connectivity index (χ3v) is 8.48. The van der Waals surface area contributed by atoms with Gasteiger partial charge in [0.2, 0.25) is 11.8 Å². The number of amides is 2. The second kappa shape index (κ2) is 13.3. The minimum Gasteiger partial charge on any atom is -0.357 e. The number of carbonyl (C=O) groups excluding carboxylic acids is 2. The first-order valence-corrected chi connectivity index (χ1v) is 14.5. The Morgan fingerprint density at radius 3 is 1.85 bits per heavy atom. The van der Waals surface area contributed by atoms with E-state index in [1.165, 1.54) is 24.1 Å². The standard InChI is InChI=1S/C31H30ClN3O4S/c1-33-31(37)29(21-24-11-5-2-6-12-24)34(22-25-13-7-3-8-14-25)30(36)23-35(27-19-17-26(32)18-20-27)40(38,39)28-15-9-4-10-16-28/h2-20,29H,21-23H2,1H3,(H,33,37)/t29-/m0/s1. The van der Waals surface area contributed by atoms with E-state index in [0.29, 0.717) is 5.02 Å². The van der Waals surface area contributed by atoms with E-state index in [-0.39, 0.29) is 29.5 Å². The Kier molecular flexibility index (Phi) is 9.58. The van der Waals surface area contributed by atoms with Crippen molar-refractivity contribution >= 4 is 39.1 Å². The monoisotopic (exact) mass is 575 g/mol. The molecule has 0 radical (unpaired) electrons. The van der Waals surface area contributed by atoms with Gasteiger partial charge in [-0.2, -0.15) is 0 Å². The van der Waals surface area contributed by atoms with Crippen LogP contribution in [0.2, 0.25) is 5.02 Å². The fourth-order valence-electron chi connectivity index (χ4n) is 4.36. The number of carbonyl (C=O) groups is 2. The summed E-state index contributed by atoms with van der Waals surface area (Å²) in [6, 6.07) is 32.0. The van der Waals surface area contributed by atoms with Crippen LogP contribution in [0.1, 0.15) is 11.1 Å². The molecule has 0 aliphatic rings. The number of hydrogen-bond acceptors (Lipinski definition) is 4. The van der Waals surface area contributed by atoms with Gasteiger partial charge in [-0.05, 0) is 47.5 Å². The molecular weight excluding hydrogens is 546 g/mol. The van der Waals surface area contributed by atoms with Gasteiger partial charge in [0.1, 0.15) is 12.6 Å². The molecule has 0 saturated heterocycles. The van der Waals surface area contributed by atoms with Crippen LogP contribution < -0.4 is 9.62 Å². The molecule has 1 atom stereocenters. The summed E-state index contributed by atoms with van der Waals surface area (Å²) in [4.78, 5) is 28.8. The lowest BCUT2D eigenvalue weighted by Crippen LogP contribution is -2.53. The number of likely N-dealkylation sites (N-methyl/N-ethyl adjacent to an activating group) is 1. The van der Waals surface area contributed by atoms with Crippen LogP contribution in [-0.4, -0.2) is 44.8 Å². The molecule has 7 nitrogen and oxygen atoms in total. The maximum Gasteiger partial charge on any atom is 0.264 e. The zero-order valence-electron chi connectivity index (χ0n) is 22.0. The van der Waals surface area contributed by atoms with Crippen LogP contribution in [-0.2, 0) is 32.6 Å². The molecule has 2 amide bonds. The SMILES string of the molecule is CNC(=O)[C@H](Cc1ccccc1)N(Cc1ccccc1)C(=O)CN(c1ccc(Cl)cc1)S(=O)(=O)c1ccccc1. The smallest absolute Gasteiger partial charge is 0.264 e. The first kappa shape index (κ1) is 28.9. The third-order valence-electron chi connectivity index (χ3n) is 6.44. The van der Waals surface area contributed by atoms with Gasteiger partial charge in [0.05, 0.1) is 10.6 Å². The maximum atomic E-state index is 14.1. The Labute approximate surface area is 240 Å². The van der Waals surface area contributed by atoms with Crippen LogP contribution in [0.15, 0.2) is 120 Å². The Balaban J connectivity index is 1.76. The summed E-state index contributed by atoms with van der Waals surface area (Å²) in [5, 5.41) is 3.11. The van der Waals surface area contributed by atoms with Crippen LogP contribution >= 0.6 is 11.6 Å². The molecule has 0 aliphatic carbocycles. The average molecular weight is 576 g/mol. The van der Waals surface area contributed by atoms with Crippen molar-refractivity contribution < 1.29 is 18.0 Å². The van der Waals surface area contributed by atoms with E-state index < -0.39 is 28.5 Å². The summed E-state index contributed by atoms with van der Waals surface area (Å²) in [6.45, 7) is -0.404. The van der Waals surface area contributed by atoms with Crippen molar-refractivity contribution in [2.24, 2.45) is 0 Å². The molecule has 0 aromatic heterocycles. The summed E-state index contributed by atoms with van der Waals surface area (Å²) in [7, 11) is -2.62. The first-order chi connectivity index (χ1) is 19.3. The number of benzene rings is 4. The maximum absolute atomic E-state index is 14.1. The highest BCUT2D eigenvalue weighted by molar-refractivity contribution is 7.92. The molecule has 40 heavy (non-hydrogen) atoms. The molecule has 1 N–H and O–H groups in total. The largest absolute Gasteiger partial charge is 0.357 e. The van der Waals surface area contributed by atoms with Crippen molar-refractivity contribution in [3.63, 3.8) is 0 Å². The van der Waals surface area contributed by atoms with E-state index in [1.807, 2.05) is 60.7 Å². The van der Waals surface area contributed by atoms with Gasteiger partial charge in [0, 0.05) is 25.0 Å². The highest BCUT2D eigenvalue weighted by Crippen LogP contribution is 2.26. The fourth-order valence-corrected chi connectivity index (χ4v) is 5.92. The zero-order valence-corrected chi connectivity index (χ0v) is 23.6. The van der Waals surface area contributed by atoms with Crippen LogP contribution in [0.25, 0.3) is 0 Å². The number of sulfonamides is 1. The van der Waals surface area contributed by atoms with E-state index in [9.17, 15) is 18.0 Å². The molecule has 0 aliphatic heterocycles. The van der Waals surface area contributed by atoms with Crippen molar-refractivity contribution in [2.75, 3.05) is 17.9 Å². The normalized spacial score (nSPS) is 11.8. The highest BCUT2D eigenvalue weighted by Gasteiger charge is 2.34. The molecule has 0 spiro atoms. The van der Waals surface area contributed by atoms with E-state index >= 15 is 0 Å². The lowest BCUT2D eigenvalue weighted by Gasteiger charge is -2.33. The predicted octanol–water partition coefficient (Wildman–Crippen LogP) is 4.92. The van der Waals surface area contributed by atoms with Crippen molar-refractivity contribution in [1.29, 1.82) is 0 Å². The minimum atomic E-state index is -4.14. The predicted molar refractivity (Wildman–Crippen MR) is 157 cm³/mol. The Morgan fingerprint density at radius 2 is 1.30 bits per heavy atom. The van der Waals surface area contributed by atoms with Gasteiger partial charge < -0.3 is 10.2 Å². The van der Waals surface area contributed by atoms with Crippen LogP contribution in [0.3, 0.4) is 0 Å². The van der Waals surface area contributed by atoms with E-state index in [4.69, 9.17) is 11.6 Å². The highest BCUT2D eigenvalue weighted by atomic mass is 35.5. The Hall–Kier alpha value is -4.14. The molecule has 0 fully saturated rings. The van der Waals surface area contributed by atoms with E-state index in [2.05, 4.69) is 5.32 Å². The summed E-state index contributed by atoms with van der Waals surface area (Å²) in [5.74, 6) is -0.875. The molecule has 4 aromatic carbocycles.